The van der Waals surface area contributed by atoms with Crippen LogP contribution in [0, 0.1) is 5.82 Å². The molecule has 0 N–H and O–H groups in total. The summed E-state index contributed by atoms with van der Waals surface area (Å²) in [5, 5.41) is 6.91. The molecular weight excluding hydrogens is 435 g/mol. The van der Waals surface area contributed by atoms with Crippen LogP contribution in [-0.2, 0) is 0 Å². The fraction of sp³-hybridized carbons (Fsp3) is 0.174. The normalized spacial score (nSPS) is 19.8. The van der Waals surface area contributed by atoms with Gasteiger partial charge in [-0.3, -0.25) is 0 Å². The molecule has 0 fully saturated rings. The van der Waals surface area contributed by atoms with Crippen molar-refractivity contribution >= 4 is 21.6 Å². The summed E-state index contributed by atoms with van der Waals surface area (Å²) in [6.07, 6.45) is 0.329. The average molecular weight is 453 g/mol. The fourth-order valence-corrected chi connectivity index (χ4v) is 4.26. The van der Waals surface area contributed by atoms with Crippen molar-refractivity contribution < 1.29 is 13.9 Å². The van der Waals surface area contributed by atoms with Gasteiger partial charge in [0.05, 0.1) is 18.9 Å². The highest BCUT2D eigenvalue weighted by atomic mass is 79.9. The van der Waals surface area contributed by atoms with E-state index in [0.717, 1.165) is 44.8 Å². The monoisotopic (exact) mass is 452 g/mol. The van der Waals surface area contributed by atoms with Gasteiger partial charge in [0.2, 0.25) is 6.23 Å². The number of halogens is 2. The van der Waals surface area contributed by atoms with Crippen molar-refractivity contribution in [3.63, 3.8) is 0 Å². The van der Waals surface area contributed by atoms with Gasteiger partial charge in [0.15, 0.2) is 0 Å². The second kappa shape index (κ2) is 7.19. The maximum absolute atomic E-state index is 13.5. The lowest BCUT2D eigenvalue weighted by Crippen LogP contribution is -2.33. The van der Waals surface area contributed by atoms with Crippen molar-refractivity contribution in [1.82, 2.24) is 5.01 Å². The molecule has 146 valence electrons. The van der Waals surface area contributed by atoms with Gasteiger partial charge in [-0.2, -0.15) is 5.10 Å². The maximum Gasteiger partial charge on any atom is 0.213 e. The summed E-state index contributed by atoms with van der Waals surface area (Å²) in [6, 6.07) is 20.4. The number of fused-ring (bicyclic) bond motifs is 3. The molecule has 2 heterocycles. The topological polar surface area (TPSA) is 34.1 Å². The van der Waals surface area contributed by atoms with Crippen LogP contribution in [0.25, 0.3) is 0 Å². The fourth-order valence-electron chi connectivity index (χ4n) is 3.88. The maximum atomic E-state index is 13.5. The first-order chi connectivity index (χ1) is 14.1. The Morgan fingerprint density at radius 1 is 1.10 bits per heavy atom. The molecule has 2 aliphatic rings. The van der Waals surface area contributed by atoms with Crippen LogP contribution in [0.15, 0.2) is 76.3 Å². The number of ether oxygens (including phenoxy) is 2. The van der Waals surface area contributed by atoms with Crippen molar-refractivity contribution in [3.05, 3.63) is 93.7 Å². The second-order valence-corrected chi connectivity index (χ2v) is 8.00. The molecule has 0 aromatic heterocycles. The van der Waals surface area contributed by atoms with Crippen molar-refractivity contribution in [2.75, 3.05) is 7.11 Å². The van der Waals surface area contributed by atoms with Crippen LogP contribution in [0.5, 0.6) is 11.5 Å². The number of benzene rings is 3. The van der Waals surface area contributed by atoms with Crippen LogP contribution in [0.2, 0.25) is 0 Å². The average Bonchev–Trinajstić information content (AvgIpc) is 3.20. The predicted molar refractivity (Wildman–Crippen MR) is 113 cm³/mol. The Balaban J connectivity index is 1.59. The SMILES string of the molecule is COc1cccc(C2=NN3[C@H](C2)c2cc(Br)ccc2O[C@H]3c2ccc(F)cc2)c1. The zero-order chi connectivity index (χ0) is 20.0. The molecule has 4 nitrogen and oxygen atoms in total. The van der Waals surface area contributed by atoms with E-state index in [1.165, 1.54) is 12.1 Å². The Bertz CT molecular complexity index is 1100. The van der Waals surface area contributed by atoms with Crippen LogP contribution in [-0.4, -0.2) is 17.8 Å². The lowest BCUT2D eigenvalue weighted by atomic mass is 9.96. The minimum absolute atomic E-state index is 0.0347. The molecule has 0 bridgehead atoms. The zero-order valence-corrected chi connectivity index (χ0v) is 17.3. The molecule has 3 aromatic rings. The Labute approximate surface area is 176 Å². The molecule has 2 aliphatic heterocycles. The summed E-state index contributed by atoms with van der Waals surface area (Å²) < 4.78 is 26.1. The van der Waals surface area contributed by atoms with Gasteiger partial charge in [0, 0.05) is 27.6 Å². The predicted octanol–water partition coefficient (Wildman–Crippen LogP) is 5.84. The van der Waals surface area contributed by atoms with E-state index in [4.69, 9.17) is 14.6 Å². The molecule has 6 heteroatoms. The first-order valence-electron chi connectivity index (χ1n) is 9.34. The summed E-state index contributed by atoms with van der Waals surface area (Å²) in [5.74, 6) is 1.35. The lowest BCUT2D eigenvalue weighted by molar-refractivity contribution is -0.0191. The van der Waals surface area contributed by atoms with E-state index >= 15 is 0 Å². The molecule has 0 unspecified atom stereocenters. The number of rotatable bonds is 3. The number of nitrogens with zero attached hydrogens (tertiary/aromatic N) is 2. The minimum atomic E-state index is -0.419. The Kier molecular flexibility index (Phi) is 4.51. The van der Waals surface area contributed by atoms with E-state index in [-0.39, 0.29) is 11.9 Å². The standard InChI is InChI=1S/C23H18BrFN2O2/c1-28-18-4-2-3-15(11-18)20-13-21-19-12-16(24)7-10-22(19)29-23(27(21)26-20)14-5-8-17(25)9-6-14/h2-12,21,23H,13H2,1H3/t21-,23+/m1/s1. The highest BCUT2D eigenvalue weighted by Crippen LogP contribution is 2.48. The summed E-state index contributed by atoms with van der Waals surface area (Å²) in [5.41, 5.74) is 3.94. The molecule has 0 amide bonds. The summed E-state index contributed by atoms with van der Waals surface area (Å²) >= 11 is 3.56. The molecule has 0 radical (unpaired) electrons. The van der Waals surface area contributed by atoms with Crippen molar-refractivity contribution in [3.8, 4) is 11.5 Å². The smallest absolute Gasteiger partial charge is 0.213 e. The van der Waals surface area contributed by atoms with E-state index in [1.54, 1.807) is 19.2 Å². The quantitative estimate of drug-likeness (QED) is 0.500. The molecule has 29 heavy (non-hydrogen) atoms. The van der Waals surface area contributed by atoms with E-state index in [9.17, 15) is 4.39 Å². The highest BCUT2D eigenvalue weighted by molar-refractivity contribution is 9.10. The highest BCUT2D eigenvalue weighted by Gasteiger charge is 2.41. The summed E-state index contributed by atoms with van der Waals surface area (Å²) in [7, 11) is 1.66. The lowest BCUT2D eigenvalue weighted by Gasteiger charge is -2.38. The van der Waals surface area contributed by atoms with Crippen molar-refractivity contribution in [2.45, 2.75) is 18.7 Å². The van der Waals surface area contributed by atoms with Crippen molar-refractivity contribution in [1.29, 1.82) is 0 Å². The summed E-state index contributed by atoms with van der Waals surface area (Å²) in [6.45, 7) is 0. The molecular formula is C23H18BrFN2O2. The molecule has 2 atom stereocenters. The molecule has 0 aliphatic carbocycles. The van der Waals surface area contributed by atoms with Gasteiger partial charge in [-0.1, -0.05) is 40.2 Å². The van der Waals surface area contributed by atoms with Gasteiger partial charge in [-0.25, -0.2) is 9.40 Å². The van der Waals surface area contributed by atoms with Gasteiger partial charge >= 0.3 is 0 Å². The number of hydrogen-bond acceptors (Lipinski definition) is 4. The van der Waals surface area contributed by atoms with E-state index in [0.29, 0.717) is 0 Å². The van der Waals surface area contributed by atoms with Gasteiger partial charge in [-0.05, 0) is 42.5 Å². The Morgan fingerprint density at radius 3 is 2.72 bits per heavy atom. The summed E-state index contributed by atoms with van der Waals surface area (Å²) in [4.78, 5) is 0. The van der Waals surface area contributed by atoms with Gasteiger partial charge in [0.25, 0.3) is 0 Å². The second-order valence-electron chi connectivity index (χ2n) is 7.08. The third-order valence-corrected chi connectivity index (χ3v) is 5.80. The molecule has 5 rings (SSSR count). The molecule has 0 spiro atoms. The first kappa shape index (κ1) is 18.2. The van der Waals surface area contributed by atoms with Crippen LogP contribution in [0.4, 0.5) is 4.39 Å². The van der Waals surface area contributed by atoms with Crippen LogP contribution in [0.1, 0.15) is 35.4 Å². The van der Waals surface area contributed by atoms with Gasteiger partial charge < -0.3 is 9.47 Å². The number of hydrazone groups is 1. The number of methoxy groups -OCH3 is 1. The zero-order valence-electron chi connectivity index (χ0n) is 15.7. The number of hydrogen-bond donors (Lipinski definition) is 0. The molecule has 0 saturated heterocycles. The molecule has 3 aromatic carbocycles. The van der Waals surface area contributed by atoms with E-state index in [1.807, 2.05) is 41.4 Å². The first-order valence-corrected chi connectivity index (χ1v) is 10.1. The van der Waals surface area contributed by atoms with E-state index < -0.39 is 6.23 Å². The third kappa shape index (κ3) is 3.27. The largest absolute Gasteiger partial charge is 0.497 e. The Morgan fingerprint density at radius 2 is 1.93 bits per heavy atom. The Hall–Kier alpha value is -2.86. The third-order valence-electron chi connectivity index (χ3n) is 5.31. The molecule has 0 saturated carbocycles. The van der Waals surface area contributed by atoms with Crippen LogP contribution in [0.3, 0.4) is 0 Å². The van der Waals surface area contributed by atoms with Gasteiger partial charge in [0.1, 0.15) is 17.3 Å². The van der Waals surface area contributed by atoms with Gasteiger partial charge in [-0.15, -0.1) is 0 Å². The van der Waals surface area contributed by atoms with E-state index in [2.05, 4.69) is 22.0 Å². The van der Waals surface area contributed by atoms with Crippen LogP contribution < -0.4 is 9.47 Å². The van der Waals surface area contributed by atoms with Crippen LogP contribution >= 0.6 is 15.9 Å². The van der Waals surface area contributed by atoms with Crippen molar-refractivity contribution in [2.24, 2.45) is 5.10 Å². The minimum Gasteiger partial charge on any atom is -0.497 e.